The summed E-state index contributed by atoms with van der Waals surface area (Å²) in [4.78, 5) is 0. The first kappa shape index (κ1) is 11.7. The molecule has 2 heteroatoms. The summed E-state index contributed by atoms with van der Waals surface area (Å²) >= 11 is 3.64. The van der Waals surface area contributed by atoms with Crippen LogP contribution in [0.15, 0.2) is 28.8 Å². The second-order valence-corrected chi connectivity index (χ2v) is 5.40. The average molecular weight is 280 g/mol. The van der Waals surface area contributed by atoms with Crippen molar-refractivity contribution in [3.63, 3.8) is 0 Å². The number of rotatable bonds is 2. The number of anilines is 1. The van der Waals surface area contributed by atoms with Gasteiger partial charge in [0.2, 0.25) is 0 Å². The first-order valence-corrected chi connectivity index (χ1v) is 6.66. The third-order valence-corrected chi connectivity index (χ3v) is 3.64. The highest BCUT2D eigenvalue weighted by atomic mass is 79.9. The molecule has 1 atom stereocenters. The molecule has 1 N–H and O–H groups in total. The highest BCUT2D eigenvalue weighted by molar-refractivity contribution is 9.10. The van der Waals surface area contributed by atoms with Gasteiger partial charge in [-0.3, -0.25) is 0 Å². The summed E-state index contributed by atoms with van der Waals surface area (Å²) < 4.78 is 1.17. The van der Waals surface area contributed by atoms with E-state index in [2.05, 4.69) is 59.4 Å². The van der Waals surface area contributed by atoms with E-state index in [0.717, 1.165) is 0 Å². The minimum Gasteiger partial charge on any atom is -0.378 e. The SMILES string of the molecule is Cc1cc(C)c(NC2C=CCCC2)c(Br)c1. The third kappa shape index (κ3) is 2.67. The molecule has 1 aromatic rings. The Morgan fingerprint density at radius 1 is 1.31 bits per heavy atom. The number of allylic oxidation sites excluding steroid dienone is 1. The molecule has 1 aliphatic rings. The van der Waals surface area contributed by atoms with Crippen molar-refractivity contribution in [3.05, 3.63) is 39.9 Å². The quantitative estimate of drug-likeness (QED) is 0.781. The van der Waals surface area contributed by atoms with Gasteiger partial charge in [-0.05, 0) is 66.2 Å². The zero-order chi connectivity index (χ0) is 11.5. The Balaban J connectivity index is 2.20. The van der Waals surface area contributed by atoms with Crippen LogP contribution in [0.5, 0.6) is 0 Å². The topological polar surface area (TPSA) is 12.0 Å². The summed E-state index contributed by atoms with van der Waals surface area (Å²) in [5.74, 6) is 0. The number of aryl methyl sites for hydroxylation is 2. The van der Waals surface area contributed by atoms with Gasteiger partial charge in [0.05, 0.1) is 5.69 Å². The largest absolute Gasteiger partial charge is 0.378 e. The first-order chi connectivity index (χ1) is 7.66. The van der Waals surface area contributed by atoms with Gasteiger partial charge in [0.15, 0.2) is 0 Å². The second-order valence-electron chi connectivity index (χ2n) is 4.55. The summed E-state index contributed by atoms with van der Waals surface area (Å²) in [6.45, 7) is 4.29. The molecule has 0 fully saturated rings. The molecule has 0 bridgehead atoms. The van der Waals surface area contributed by atoms with Crippen LogP contribution in [0, 0.1) is 13.8 Å². The van der Waals surface area contributed by atoms with Crippen molar-refractivity contribution in [2.75, 3.05) is 5.32 Å². The number of hydrogen-bond acceptors (Lipinski definition) is 1. The highest BCUT2D eigenvalue weighted by Crippen LogP contribution is 2.29. The zero-order valence-electron chi connectivity index (χ0n) is 9.89. The molecule has 1 aliphatic carbocycles. The van der Waals surface area contributed by atoms with E-state index in [1.807, 2.05) is 0 Å². The van der Waals surface area contributed by atoms with E-state index in [0.29, 0.717) is 6.04 Å². The van der Waals surface area contributed by atoms with E-state index in [9.17, 15) is 0 Å². The van der Waals surface area contributed by atoms with Crippen LogP contribution >= 0.6 is 15.9 Å². The summed E-state index contributed by atoms with van der Waals surface area (Å²) in [6.07, 6.45) is 8.31. The maximum Gasteiger partial charge on any atom is 0.0519 e. The van der Waals surface area contributed by atoms with E-state index in [1.165, 1.54) is 40.5 Å². The van der Waals surface area contributed by atoms with Crippen molar-refractivity contribution in [3.8, 4) is 0 Å². The normalized spacial score (nSPS) is 19.8. The standard InChI is InChI=1S/C14H18BrN/c1-10-8-11(2)14(13(15)9-10)16-12-6-4-3-5-7-12/h4,6,8-9,12,16H,3,5,7H2,1-2H3. The molecule has 0 saturated heterocycles. The smallest absolute Gasteiger partial charge is 0.0519 e. The van der Waals surface area contributed by atoms with E-state index in [-0.39, 0.29) is 0 Å². The van der Waals surface area contributed by atoms with Crippen LogP contribution in [-0.2, 0) is 0 Å². The van der Waals surface area contributed by atoms with E-state index >= 15 is 0 Å². The van der Waals surface area contributed by atoms with Gasteiger partial charge < -0.3 is 5.32 Å². The maximum absolute atomic E-state index is 3.64. The van der Waals surface area contributed by atoms with E-state index in [4.69, 9.17) is 0 Å². The number of hydrogen-bond donors (Lipinski definition) is 1. The summed E-state index contributed by atoms with van der Waals surface area (Å²) in [5.41, 5.74) is 3.85. The van der Waals surface area contributed by atoms with Gasteiger partial charge in [0, 0.05) is 10.5 Å². The summed E-state index contributed by atoms with van der Waals surface area (Å²) in [7, 11) is 0. The van der Waals surface area contributed by atoms with Crippen molar-refractivity contribution < 1.29 is 0 Å². The van der Waals surface area contributed by atoms with E-state index < -0.39 is 0 Å². The molecule has 1 nitrogen and oxygen atoms in total. The van der Waals surface area contributed by atoms with Gasteiger partial charge in [-0.25, -0.2) is 0 Å². The van der Waals surface area contributed by atoms with Crippen LogP contribution in [0.25, 0.3) is 0 Å². The Morgan fingerprint density at radius 2 is 2.12 bits per heavy atom. The van der Waals surface area contributed by atoms with Gasteiger partial charge in [-0.1, -0.05) is 18.2 Å². The minimum atomic E-state index is 0.492. The second kappa shape index (κ2) is 5.05. The number of halogens is 1. The van der Waals surface area contributed by atoms with Crippen molar-refractivity contribution in [1.29, 1.82) is 0 Å². The first-order valence-electron chi connectivity index (χ1n) is 5.87. The molecule has 0 spiro atoms. The minimum absolute atomic E-state index is 0.492. The predicted molar refractivity (Wildman–Crippen MR) is 74.0 cm³/mol. The Morgan fingerprint density at radius 3 is 2.75 bits per heavy atom. The van der Waals surface area contributed by atoms with Gasteiger partial charge in [-0.2, -0.15) is 0 Å². The predicted octanol–water partition coefficient (Wildman–Crippen LogP) is 4.59. The molecule has 0 aromatic heterocycles. The fourth-order valence-corrected chi connectivity index (χ4v) is 3.00. The van der Waals surface area contributed by atoms with Crippen molar-refractivity contribution >= 4 is 21.6 Å². The summed E-state index contributed by atoms with van der Waals surface area (Å²) in [6, 6.07) is 4.88. The van der Waals surface area contributed by atoms with Crippen LogP contribution in [0.1, 0.15) is 30.4 Å². The average Bonchev–Trinajstić information content (AvgIpc) is 2.25. The summed E-state index contributed by atoms with van der Waals surface area (Å²) in [5, 5.41) is 3.61. The van der Waals surface area contributed by atoms with Crippen molar-refractivity contribution in [2.24, 2.45) is 0 Å². The van der Waals surface area contributed by atoms with Crippen LogP contribution < -0.4 is 5.32 Å². The molecular weight excluding hydrogens is 262 g/mol. The van der Waals surface area contributed by atoms with Gasteiger partial charge in [0.25, 0.3) is 0 Å². The molecular formula is C14H18BrN. The van der Waals surface area contributed by atoms with Gasteiger partial charge >= 0.3 is 0 Å². The molecule has 16 heavy (non-hydrogen) atoms. The number of benzene rings is 1. The lowest BCUT2D eigenvalue weighted by Gasteiger charge is -2.21. The lowest BCUT2D eigenvalue weighted by Crippen LogP contribution is -2.19. The van der Waals surface area contributed by atoms with Gasteiger partial charge in [-0.15, -0.1) is 0 Å². The molecule has 0 aliphatic heterocycles. The zero-order valence-corrected chi connectivity index (χ0v) is 11.5. The lowest BCUT2D eigenvalue weighted by molar-refractivity contribution is 0.673. The molecule has 1 unspecified atom stereocenters. The van der Waals surface area contributed by atoms with E-state index in [1.54, 1.807) is 0 Å². The van der Waals surface area contributed by atoms with Crippen LogP contribution in [0.3, 0.4) is 0 Å². The highest BCUT2D eigenvalue weighted by Gasteiger charge is 2.11. The Hall–Kier alpha value is -0.760. The van der Waals surface area contributed by atoms with Crippen LogP contribution in [0.2, 0.25) is 0 Å². The fraction of sp³-hybridized carbons (Fsp3) is 0.429. The Bertz CT molecular complexity index is 386. The van der Waals surface area contributed by atoms with Crippen LogP contribution in [0.4, 0.5) is 5.69 Å². The monoisotopic (exact) mass is 279 g/mol. The Kier molecular flexibility index (Phi) is 3.70. The molecule has 0 heterocycles. The number of nitrogens with one attached hydrogen (secondary N) is 1. The lowest BCUT2D eigenvalue weighted by atomic mass is 10.0. The molecule has 1 aromatic carbocycles. The Labute approximate surface area is 106 Å². The molecule has 2 rings (SSSR count). The maximum atomic E-state index is 3.64. The molecule has 0 amide bonds. The third-order valence-electron chi connectivity index (χ3n) is 3.02. The van der Waals surface area contributed by atoms with Crippen molar-refractivity contribution in [1.82, 2.24) is 0 Å². The fourth-order valence-electron chi connectivity index (χ4n) is 2.22. The van der Waals surface area contributed by atoms with Crippen LogP contribution in [-0.4, -0.2) is 6.04 Å². The van der Waals surface area contributed by atoms with Gasteiger partial charge in [0.1, 0.15) is 0 Å². The van der Waals surface area contributed by atoms with Crippen molar-refractivity contribution in [2.45, 2.75) is 39.2 Å². The molecule has 0 saturated carbocycles. The molecule has 0 radical (unpaired) electrons. The molecule has 86 valence electrons.